The smallest absolute Gasteiger partial charge is 0.310 e. The van der Waals surface area contributed by atoms with Gasteiger partial charge in [0.2, 0.25) is 0 Å². The van der Waals surface area contributed by atoms with E-state index >= 15 is 0 Å². The zero-order valence-electron chi connectivity index (χ0n) is 11.9. The van der Waals surface area contributed by atoms with E-state index in [-0.39, 0.29) is 16.7 Å². The molecule has 0 saturated carbocycles. The SMILES string of the molecule is CCSc1cccnc1-c1nc2[nH+]cc(SC(F)(F)F)cc2[nH]1. The third-order valence-corrected chi connectivity index (χ3v) is 4.53. The number of nitrogens with one attached hydrogen (secondary N) is 2. The Morgan fingerprint density at radius 2 is 2.17 bits per heavy atom. The van der Waals surface area contributed by atoms with Crippen LogP contribution in [0.3, 0.4) is 0 Å². The van der Waals surface area contributed by atoms with Gasteiger partial charge in [-0.2, -0.15) is 13.2 Å². The Morgan fingerprint density at radius 3 is 2.91 bits per heavy atom. The molecule has 4 nitrogen and oxygen atoms in total. The largest absolute Gasteiger partial charge is 0.446 e. The normalized spacial score (nSPS) is 12.0. The summed E-state index contributed by atoms with van der Waals surface area (Å²) in [6.45, 7) is 2.04. The van der Waals surface area contributed by atoms with Crippen LogP contribution >= 0.6 is 23.5 Å². The summed E-state index contributed by atoms with van der Waals surface area (Å²) in [6.07, 6.45) is 2.96. The van der Waals surface area contributed by atoms with E-state index in [2.05, 4.69) is 19.9 Å². The van der Waals surface area contributed by atoms with E-state index in [0.717, 1.165) is 10.6 Å². The molecule has 0 aromatic carbocycles. The number of hydrogen-bond acceptors (Lipinski definition) is 4. The number of rotatable bonds is 4. The molecule has 0 aliphatic carbocycles. The Hall–Kier alpha value is -1.74. The van der Waals surface area contributed by atoms with Gasteiger partial charge in [-0.3, -0.25) is 0 Å². The number of hydrogen-bond donors (Lipinski definition) is 1. The van der Waals surface area contributed by atoms with Crippen molar-refractivity contribution >= 4 is 34.7 Å². The third kappa shape index (κ3) is 3.78. The van der Waals surface area contributed by atoms with Crippen LogP contribution in [0.1, 0.15) is 6.92 Å². The van der Waals surface area contributed by atoms with Gasteiger partial charge < -0.3 is 4.98 Å². The van der Waals surface area contributed by atoms with Crippen molar-refractivity contribution in [2.45, 2.75) is 22.2 Å². The fourth-order valence-electron chi connectivity index (χ4n) is 2.07. The van der Waals surface area contributed by atoms with Gasteiger partial charge >= 0.3 is 11.2 Å². The van der Waals surface area contributed by atoms with Crippen LogP contribution in [-0.2, 0) is 0 Å². The molecule has 0 saturated heterocycles. The van der Waals surface area contributed by atoms with Gasteiger partial charge in [0.1, 0.15) is 17.4 Å². The molecule has 0 aliphatic rings. The number of halogens is 3. The van der Waals surface area contributed by atoms with Gasteiger partial charge in [-0.1, -0.05) is 6.92 Å². The van der Waals surface area contributed by atoms with Gasteiger partial charge in [0.25, 0.3) is 5.82 Å². The number of thioether (sulfide) groups is 2. The fourth-order valence-corrected chi connectivity index (χ4v) is 3.40. The molecule has 120 valence electrons. The first-order valence-electron chi connectivity index (χ1n) is 6.71. The average Bonchev–Trinajstić information content (AvgIpc) is 2.89. The van der Waals surface area contributed by atoms with Crippen molar-refractivity contribution in [2.24, 2.45) is 0 Å². The van der Waals surface area contributed by atoms with Crippen LogP contribution in [0.4, 0.5) is 13.2 Å². The standard InChI is InChI=1S/C14H11F3N4S2/c1-2-22-10-4-3-5-18-11(10)13-20-9-6-8(23-14(15,16)17)7-19-12(9)21-13/h3-7H,2H2,1H3,(H,19,20,21)/p+1. The van der Waals surface area contributed by atoms with E-state index in [4.69, 9.17) is 0 Å². The molecule has 3 aromatic rings. The first-order chi connectivity index (χ1) is 11.0. The summed E-state index contributed by atoms with van der Waals surface area (Å²) >= 11 is 1.47. The van der Waals surface area contributed by atoms with Crippen LogP contribution in [-0.4, -0.2) is 26.2 Å². The van der Waals surface area contributed by atoms with E-state index in [1.807, 2.05) is 19.1 Å². The predicted octanol–water partition coefficient (Wildman–Crippen LogP) is 4.16. The van der Waals surface area contributed by atoms with Gasteiger partial charge in [0.05, 0.1) is 4.90 Å². The van der Waals surface area contributed by atoms with Crippen molar-refractivity contribution in [2.75, 3.05) is 5.75 Å². The maximum atomic E-state index is 12.5. The van der Waals surface area contributed by atoms with Crippen LogP contribution in [0.2, 0.25) is 0 Å². The van der Waals surface area contributed by atoms with Crippen LogP contribution in [0.25, 0.3) is 22.7 Å². The topological polar surface area (TPSA) is 55.7 Å². The summed E-state index contributed by atoms with van der Waals surface area (Å²) in [5, 5.41) is 0. The zero-order valence-corrected chi connectivity index (χ0v) is 13.6. The van der Waals surface area contributed by atoms with Gasteiger partial charge in [-0.05, 0) is 40.7 Å². The predicted molar refractivity (Wildman–Crippen MR) is 84.2 cm³/mol. The van der Waals surface area contributed by atoms with Gasteiger partial charge in [0, 0.05) is 11.1 Å². The van der Waals surface area contributed by atoms with Crippen molar-refractivity contribution in [3.63, 3.8) is 0 Å². The molecular weight excluding hydrogens is 345 g/mol. The van der Waals surface area contributed by atoms with E-state index in [0.29, 0.717) is 22.7 Å². The minimum atomic E-state index is -4.32. The molecule has 0 fully saturated rings. The van der Waals surface area contributed by atoms with Crippen molar-refractivity contribution in [1.29, 1.82) is 0 Å². The van der Waals surface area contributed by atoms with Gasteiger partial charge in [-0.25, -0.2) is 9.97 Å². The second kappa shape index (κ2) is 6.40. The number of fused-ring (bicyclic) bond motifs is 1. The minimum absolute atomic E-state index is 0.0735. The van der Waals surface area contributed by atoms with Crippen LogP contribution in [0.5, 0.6) is 0 Å². The summed E-state index contributed by atoms with van der Waals surface area (Å²) < 4.78 is 37.4. The number of aromatic nitrogens is 4. The molecule has 3 aromatic heterocycles. The Bertz CT molecular complexity index is 832. The first kappa shape index (κ1) is 16.1. The Kier molecular flexibility index (Phi) is 4.49. The average molecular weight is 357 g/mol. The molecular formula is C14H12F3N4S2+. The molecule has 9 heteroatoms. The van der Waals surface area contributed by atoms with Crippen molar-refractivity contribution in [3.8, 4) is 11.5 Å². The minimum Gasteiger partial charge on any atom is -0.310 e. The highest BCUT2D eigenvalue weighted by Gasteiger charge is 2.30. The maximum Gasteiger partial charge on any atom is 0.446 e. The second-order valence-corrected chi connectivity index (χ2v) is 6.96. The molecule has 0 aliphatic heterocycles. The van der Waals surface area contributed by atoms with Gasteiger partial charge in [-0.15, -0.1) is 11.8 Å². The lowest BCUT2D eigenvalue weighted by Crippen LogP contribution is -2.06. The van der Waals surface area contributed by atoms with Crippen molar-refractivity contribution in [1.82, 2.24) is 15.0 Å². The molecule has 0 unspecified atom stereocenters. The molecule has 0 radical (unpaired) electrons. The van der Waals surface area contributed by atoms with Gasteiger partial charge in [0.15, 0.2) is 0 Å². The zero-order chi connectivity index (χ0) is 16.4. The number of H-pyrrole nitrogens is 2. The highest BCUT2D eigenvalue weighted by atomic mass is 32.2. The monoisotopic (exact) mass is 357 g/mol. The molecule has 0 atom stereocenters. The summed E-state index contributed by atoms with van der Waals surface area (Å²) in [4.78, 5) is 15.6. The molecule has 0 amide bonds. The molecule has 0 bridgehead atoms. The maximum absolute atomic E-state index is 12.5. The lowest BCUT2D eigenvalue weighted by Gasteiger charge is -2.02. The van der Waals surface area contributed by atoms with Crippen LogP contribution in [0.15, 0.2) is 40.4 Å². The number of alkyl halides is 3. The highest BCUT2D eigenvalue weighted by Crippen LogP contribution is 2.37. The Labute approximate surface area is 138 Å². The summed E-state index contributed by atoms with van der Waals surface area (Å²) in [5.74, 6) is 1.42. The number of pyridine rings is 2. The number of nitrogens with zero attached hydrogens (tertiary/aromatic N) is 2. The van der Waals surface area contributed by atoms with Crippen molar-refractivity contribution < 1.29 is 18.2 Å². The molecule has 3 rings (SSSR count). The lowest BCUT2D eigenvalue weighted by atomic mass is 10.3. The second-order valence-electron chi connectivity index (χ2n) is 4.51. The fraction of sp³-hybridized carbons (Fsp3) is 0.214. The Balaban J connectivity index is 2.00. The Morgan fingerprint density at radius 1 is 1.35 bits per heavy atom. The molecule has 0 spiro atoms. The van der Waals surface area contributed by atoms with E-state index in [1.54, 1.807) is 18.0 Å². The molecule has 2 N–H and O–H groups in total. The summed E-state index contributed by atoms with van der Waals surface area (Å²) in [6, 6.07) is 5.21. The first-order valence-corrected chi connectivity index (χ1v) is 8.52. The van der Waals surface area contributed by atoms with Crippen molar-refractivity contribution in [3.05, 3.63) is 30.6 Å². The van der Waals surface area contributed by atoms with E-state index < -0.39 is 5.51 Å². The quantitative estimate of drug-likeness (QED) is 0.712. The van der Waals surface area contributed by atoms with Crippen LogP contribution in [0, 0.1) is 0 Å². The van der Waals surface area contributed by atoms with E-state index in [1.165, 1.54) is 12.3 Å². The number of imidazole rings is 1. The van der Waals surface area contributed by atoms with Crippen LogP contribution < -0.4 is 4.98 Å². The highest BCUT2D eigenvalue weighted by molar-refractivity contribution is 8.00. The molecule has 3 heterocycles. The number of aromatic amines is 2. The summed E-state index contributed by atoms with van der Waals surface area (Å²) in [7, 11) is 0. The van der Waals surface area contributed by atoms with E-state index in [9.17, 15) is 13.2 Å². The molecule has 23 heavy (non-hydrogen) atoms. The summed E-state index contributed by atoms with van der Waals surface area (Å²) in [5.41, 5.74) is -2.64. The third-order valence-electron chi connectivity index (χ3n) is 2.90. The lowest BCUT2D eigenvalue weighted by molar-refractivity contribution is -0.350.